The third-order valence-electron chi connectivity index (χ3n) is 2.37. The molecule has 0 unspecified atom stereocenters. The number of aromatic nitrogens is 1. The summed E-state index contributed by atoms with van der Waals surface area (Å²) in [5, 5.41) is 5.06. The van der Waals surface area contributed by atoms with Crippen molar-refractivity contribution >= 4 is 22.4 Å². The molecule has 0 saturated heterocycles. The Morgan fingerprint density at radius 3 is 2.94 bits per heavy atom. The molecule has 1 aromatic heterocycles. The van der Waals surface area contributed by atoms with Crippen LogP contribution < -0.4 is 10.1 Å². The number of ether oxygens (including phenoxy) is 1. The fraction of sp³-hybridized carbons (Fsp3) is 0.231. The lowest BCUT2D eigenvalue weighted by molar-refractivity contribution is -0.118. The predicted octanol–water partition coefficient (Wildman–Crippen LogP) is 2.78. The van der Waals surface area contributed by atoms with E-state index in [1.807, 2.05) is 32.0 Å². The van der Waals surface area contributed by atoms with Gasteiger partial charge in [-0.05, 0) is 25.5 Å². The van der Waals surface area contributed by atoms with E-state index in [1.165, 1.54) is 16.9 Å². The Hall–Kier alpha value is -1.88. The van der Waals surface area contributed by atoms with Crippen LogP contribution in [0.5, 0.6) is 5.75 Å². The molecule has 0 saturated carbocycles. The number of anilines is 1. The first-order valence-corrected chi connectivity index (χ1v) is 6.42. The maximum absolute atomic E-state index is 11.6. The van der Waals surface area contributed by atoms with Gasteiger partial charge in [-0.15, -0.1) is 11.3 Å². The van der Waals surface area contributed by atoms with Crippen molar-refractivity contribution in [1.82, 2.24) is 4.98 Å². The number of hydrogen-bond donors (Lipinski definition) is 1. The van der Waals surface area contributed by atoms with E-state index >= 15 is 0 Å². The molecule has 1 heterocycles. The van der Waals surface area contributed by atoms with Crippen LogP contribution in [0.2, 0.25) is 0 Å². The van der Waals surface area contributed by atoms with Gasteiger partial charge in [0, 0.05) is 11.6 Å². The highest BCUT2D eigenvalue weighted by Gasteiger charge is 2.06. The molecule has 1 aromatic carbocycles. The molecule has 2 rings (SSSR count). The number of rotatable bonds is 4. The van der Waals surface area contributed by atoms with Gasteiger partial charge in [0.05, 0.1) is 0 Å². The Morgan fingerprint density at radius 2 is 2.28 bits per heavy atom. The number of hydrogen-bond acceptors (Lipinski definition) is 4. The Kier molecular flexibility index (Phi) is 3.94. The largest absolute Gasteiger partial charge is 0.483 e. The standard InChI is InChI=1S/C13H14N2O2S/c1-9-3-4-11(10(2)7-9)17-8-12(16)15-13-14-5-6-18-13/h3-7H,8H2,1-2H3,(H,14,15,16). The lowest BCUT2D eigenvalue weighted by Gasteiger charge is -2.09. The Balaban J connectivity index is 1.89. The van der Waals surface area contributed by atoms with Crippen LogP contribution in [0, 0.1) is 13.8 Å². The molecule has 0 radical (unpaired) electrons. The zero-order chi connectivity index (χ0) is 13.0. The lowest BCUT2D eigenvalue weighted by atomic mass is 10.1. The summed E-state index contributed by atoms with van der Waals surface area (Å²) in [6, 6.07) is 5.86. The number of benzene rings is 1. The fourth-order valence-electron chi connectivity index (χ4n) is 1.55. The molecule has 1 N–H and O–H groups in total. The SMILES string of the molecule is Cc1ccc(OCC(=O)Nc2nccs2)c(C)c1. The first-order valence-electron chi connectivity index (χ1n) is 5.54. The molecule has 0 atom stereocenters. The predicted molar refractivity (Wildman–Crippen MR) is 72.2 cm³/mol. The van der Waals surface area contributed by atoms with E-state index in [2.05, 4.69) is 10.3 Å². The summed E-state index contributed by atoms with van der Waals surface area (Å²) in [5.74, 6) is 0.528. The summed E-state index contributed by atoms with van der Waals surface area (Å²) in [7, 11) is 0. The highest BCUT2D eigenvalue weighted by Crippen LogP contribution is 2.18. The van der Waals surface area contributed by atoms with Crippen LogP contribution in [-0.4, -0.2) is 17.5 Å². The zero-order valence-corrected chi connectivity index (χ0v) is 11.1. The fourth-order valence-corrected chi connectivity index (χ4v) is 2.09. The zero-order valence-electron chi connectivity index (χ0n) is 10.3. The van der Waals surface area contributed by atoms with Crippen LogP contribution >= 0.6 is 11.3 Å². The van der Waals surface area contributed by atoms with Crippen LogP contribution in [0.1, 0.15) is 11.1 Å². The topological polar surface area (TPSA) is 51.2 Å². The van der Waals surface area contributed by atoms with E-state index in [4.69, 9.17) is 4.74 Å². The summed E-state index contributed by atoms with van der Waals surface area (Å²) in [5.41, 5.74) is 2.20. The van der Waals surface area contributed by atoms with Gasteiger partial charge in [-0.1, -0.05) is 17.7 Å². The third kappa shape index (κ3) is 3.30. The molecule has 0 aliphatic rings. The Labute approximate surface area is 110 Å². The summed E-state index contributed by atoms with van der Waals surface area (Å²) in [6.07, 6.45) is 1.64. The van der Waals surface area contributed by atoms with E-state index in [9.17, 15) is 4.79 Å². The van der Waals surface area contributed by atoms with Gasteiger partial charge >= 0.3 is 0 Å². The summed E-state index contributed by atoms with van der Waals surface area (Å²) in [6.45, 7) is 3.97. The second kappa shape index (κ2) is 5.64. The Bertz CT molecular complexity index is 538. The molecular formula is C13H14N2O2S. The molecule has 1 amide bonds. The monoisotopic (exact) mass is 262 g/mol. The molecule has 0 fully saturated rings. The number of nitrogens with zero attached hydrogens (tertiary/aromatic N) is 1. The van der Waals surface area contributed by atoms with Gasteiger partial charge in [0.1, 0.15) is 5.75 Å². The lowest BCUT2D eigenvalue weighted by Crippen LogP contribution is -2.20. The molecule has 18 heavy (non-hydrogen) atoms. The number of aryl methyl sites for hydroxylation is 2. The van der Waals surface area contributed by atoms with Crippen LogP contribution in [-0.2, 0) is 4.79 Å². The van der Waals surface area contributed by atoms with Crippen LogP contribution in [0.3, 0.4) is 0 Å². The van der Waals surface area contributed by atoms with Gasteiger partial charge in [-0.2, -0.15) is 0 Å². The molecule has 5 heteroatoms. The second-order valence-electron chi connectivity index (χ2n) is 3.94. The van der Waals surface area contributed by atoms with Gasteiger partial charge in [0.15, 0.2) is 11.7 Å². The van der Waals surface area contributed by atoms with E-state index < -0.39 is 0 Å². The third-order valence-corrected chi connectivity index (χ3v) is 3.06. The molecule has 4 nitrogen and oxygen atoms in total. The van der Waals surface area contributed by atoms with E-state index in [1.54, 1.807) is 11.6 Å². The van der Waals surface area contributed by atoms with Crippen LogP contribution in [0.25, 0.3) is 0 Å². The average molecular weight is 262 g/mol. The molecular weight excluding hydrogens is 248 g/mol. The Morgan fingerprint density at radius 1 is 1.44 bits per heavy atom. The quantitative estimate of drug-likeness (QED) is 0.921. The number of nitrogens with one attached hydrogen (secondary N) is 1. The van der Waals surface area contributed by atoms with Gasteiger partial charge in [-0.3, -0.25) is 10.1 Å². The normalized spacial score (nSPS) is 10.1. The average Bonchev–Trinajstić information content (AvgIpc) is 2.80. The van der Waals surface area contributed by atoms with Crippen molar-refractivity contribution in [1.29, 1.82) is 0 Å². The van der Waals surface area contributed by atoms with Gasteiger partial charge in [0.2, 0.25) is 0 Å². The molecule has 0 bridgehead atoms. The van der Waals surface area contributed by atoms with Crippen LogP contribution in [0.15, 0.2) is 29.8 Å². The number of thiazole rings is 1. The number of carbonyl (C=O) groups is 1. The van der Waals surface area contributed by atoms with Gasteiger partial charge < -0.3 is 4.74 Å². The highest BCUT2D eigenvalue weighted by molar-refractivity contribution is 7.13. The van der Waals surface area contributed by atoms with E-state index in [-0.39, 0.29) is 12.5 Å². The molecule has 0 aliphatic carbocycles. The summed E-state index contributed by atoms with van der Waals surface area (Å²) in [4.78, 5) is 15.6. The highest BCUT2D eigenvalue weighted by atomic mass is 32.1. The number of carbonyl (C=O) groups excluding carboxylic acids is 1. The molecule has 2 aromatic rings. The van der Waals surface area contributed by atoms with E-state index in [0.717, 1.165) is 11.3 Å². The maximum Gasteiger partial charge on any atom is 0.264 e. The van der Waals surface area contributed by atoms with Crippen molar-refractivity contribution in [2.24, 2.45) is 0 Å². The van der Waals surface area contributed by atoms with Crippen molar-refractivity contribution in [3.05, 3.63) is 40.9 Å². The maximum atomic E-state index is 11.6. The van der Waals surface area contributed by atoms with E-state index in [0.29, 0.717) is 5.13 Å². The summed E-state index contributed by atoms with van der Waals surface area (Å²) >= 11 is 1.38. The first kappa shape index (κ1) is 12.6. The van der Waals surface area contributed by atoms with Crippen molar-refractivity contribution in [2.75, 3.05) is 11.9 Å². The molecule has 0 spiro atoms. The molecule has 94 valence electrons. The minimum atomic E-state index is -0.204. The minimum absolute atomic E-state index is 0.0104. The van der Waals surface area contributed by atoms with Gasteiger partial charge in [0.25, 0.3) is 5.91 Å². The minimum Gasteiger partial charge on any atom is -0.483 e. The van der Waals surface area contributed by atoms with Crippen molar-refractivity contribution < 1.29 is 9.53 Å². The first-order chi connectivity index (χ1) is 8.65. The number of amides is 1. The van der Waals surface area contributed by atoms with Crippen molar-refractivity contribution in [2.45, 2.75) is 13.8 Å². The van der Waals surface area contributed by atoms with Crippen molar-refractivity contribution in [3.8, 4) is 5.75 Å². The van der Waals surface area contributed by atoms with Gasteiger partial charge in [-0.25, -0.2) is 4.98 Å². The summed E-state index contributed by atoms with van der Waals surface area (Å²) < 4.78 is 5.47. The molecule has 0 aliphatic heterocycles. The smallest absolute Gasteiger partial charge is 0.264 e. The second-order valence-corrected chi connectivity index (χ2v) is 4.84. The van der Waals surface area contributed by atoms with Crippen molar-refractivity contribution in [3.63, 3.8) is 0 Å². The van der Waals surface area contributed by atoms with Crippen LogP contribution in [0.4, 0.5) is 5.13 Å².